The molecule has 0 saturated heterocycles. The highest BCUT2D eigenvalue weighted by atomic mass is 35.5. The molecule has 2 aromatic carbocycles. The lowest BCUT2D eigenvalue weighted by atomic mass is 10.1. The number of likely N-dealkylation sites (N-methyl/N-ethyl adjacent to an activating group) is 2. The number of carbonyl (C=O) groups is 2. The second-order valence-corrected chi connectivity index (χ2v) is 10.8. The first-order valence-corrected chi connectivity index (χ1v) is 13.1. The van der Waals surface area contributed by atoms with E-state index in [2.05, 4.69) is 4.99 Å². The molecular weight excluding hydrogens is 531 g/mol. The number of sulfonamides is 1. The number of hydrogen-bond acceptors (Lipinski definition) is 6. The molecule has 2 amide bonds. The van der Waals surface area contributed by atoms with E-state index >= 15 is 0 Å². The van der Waals surface area contributed by atoms with Crippen LogP contribution in [0, 0.1) is 0 Å². The molecular formula is C23H26Cl2N4O6S. The van der Waals surface area contributed by atoms with Gasteiger partial charge >= 0.3 is 6.09 Å². The quantitative estimate of drug-likeness (QED) is 0.449. The fourth-order valence-electron chi connectivity index (χ4n) is 3.44. The standard InChI is InChI=1S/C23H26Cl2N4O6S/c1-27(14-16-6-8-17(9-7-16)22-26-10-11-29(22)23(31)32)20(30)15-35-13-12-28(2)36(33,34)19-5-3-4-18(24)21(19)25/h3-9H,10-15H2,1-2H3,(H,31,32). The summed E-state index contributed by atoms with van der Waals surface area (Å²) in [6, 6.07) is 11.5. The van der Waals surface area contributed by atoms with Gasteiger partial charge in [0.05, 0.1) is 29.7 Å². The number of halogens is 2. The molecule has 36 heavy (non-hydrogen) atoms. The third-order valence-corrected chi connectivity index (χ3v) is 8.34. The Morgan fingerprint density at radius 2 is 1.83 bits per heavy atom. The van der Waals surface area contributed by atoms with Crippen LogP contribution in [0.4, 0.5) is 4.79 Å². The monoisotopic (exact) mass is 556 g/mol. The van der Waals surface area contributed by atoms with Crippen LogP contribution >= 0.6 is 23.2 Å². The summed E-state index contributed by atoms with van der Waals surface area (Å²) >= 11 is 12.0. The zero-order chi connectivity index (χ0) is 26.5. The van der Waals surface area contributed by atoms with Crippen LogP contribution in [0.5, 0.6) is 0 Å². The molecule has 0 bridgehead atoms. The minimum Gasteiger partial charge on any atom is -0.465 e. The molecule has 13 heteroatoms. The Balaban J connectivity index is 1.46. The first-order chi connectivity index (χ1) is 17.0. The highest BCUT2D eigenvalue weighted by molar-refractivity contribution is 7.89. The van der Waals surface area contributed by atoms with Crippen LogP contribution in [0.2, 0.25) is 10.0 Å². The van der Waals surface area contributed by atoms with Crippen molar-refractivity contribution in [2.45, 2.75) is 11.4 Å². The van der Waals surface area contributed by atoms with Crippen LogP contribution in [0.25, 0.3) is 0 Å². The lowest BCUT2D eigenvalue weighted by Gasteiger charge is -2.20. The van der Waals surface area contributed by atoms with Gasteiger partial charge in [-0.15, -0.1) is 0 Å². The predicted octanol–water partition coefficient (Wildman–Crippen LogP) is 3.03. The van der Waals surface area contributed by atoms with Gasteiger partial charge in [0.1, 0.15) is 17.3 Å². The van der Waals surface area contributed by atoms with Crippen molar-refractivity contribution in [2.75, 3.05) is 46.9 Å². The number of aliphatic imine (C=N–C) groups is 1. The van der Waals surface area contributed by atoms with Crippen LogP contribution in [0.3, 0.4) is 0 Å². The van der Waals surface area contributed by atoms with Gasteiger partial charge in [-0.05, 0) is 17.7 Å². The number of carboxylic acid groups (broad SMARTS) is 1. The van der Waals surface area contributed by atoms with E-state index < -0.39 is 16.1 Å². The first-order valence-electron chi connectivity index (χ1n) is 10.9. The summed E-state index contributed by atoms with van der Waals surface area (Å²) in [6.07, 6.45) is -1.04. The van der Waals surface area contributed by atoms with E-state index in [-0.39, 0.29) is 40.6 Å². The van der Waals surface area contributed by atoms with Gasteiger partial charge in [-0.25, -0.2) is 13.2 Å². The third kappa shape index (κ3) is 6.54. The highest BCUT2D eigenvalue weighted by Crippen LogP contribution is 2.30. The molecule has 0 unspecified atom stereocenters. The van der Waals surface area contributed by atoms with Gasteiger partial charge in [-0.3, -0.25) is 14.7 Å². The lowest BCUT2D eigenvalue weighted by Crippen LogP contribution is -2.33. The van der Waals surface area contributed by atoms with E-state index in [1.54, 1.807) is 19.2 Å². The summed E-state index contributed by atoms with van der Waals surface area (Å²) in [4.78, 5) is 30.6. The molecule has 1 aliphatic heterocycles. The van der Waals surface area contributed by atoms with Gasteiger partial charge in [0.2, 0.25) is 15.9 Å². The summed E-state index contributed by atoms with van der Waals surface area (Å²) in [5, 5.41) is 9.35. The Labute approximate surface area is 219 Å². The number of benzene rings is 2. The van der Waals surface area contributed by atoms with Crippen molar-refractivity contribution in [2.24, 2.45) is 4.99 Å². The van der Waals surface area contributed by atoms with Gasteiger partial charge in [-0.2, -0.15) is 4.31 Å². The Morgan fingerprint density at radius 1 is 1.14 bits per heavy atom. The third-order valence-electron chi connectivity index (χ3n) is 5.51. The second-order valence-electron chi connectivity index (χ2n) is 8.02. The second kappa shape index (κ2) is 12.0. The molecule has 0 atom stereocenters. The number of nitrogens with zero attached hydrogens (tertiary/aromatic N) is 4. The molecule has 0 aliphatic carbocycles. The van der Waals surface area contributed by atoms with Gasteiger partial charge < -0.3 is 14.7 Å². The minimum absolute atomic E-state index is 0.00435. The number of hydrogen-bond donors (Lipinski definition) is 1. The molecule has 2 aromatic rings. The zero-order valence-electron chi connectivity index (χ0n) is 19.7. The molecule has 1 heterocycles. The maximum absolute atomic E-state index is 12.7. The van der Waals surface area contributed by atoms with E-state index in [4.69, 9.17) is 27.9 Å². The predicted molar refractivity (Wildman–Crippen MR) is 136 cm³/mol. The Morgan fingerprint density at radius 3 is 2.50 bits per heavy atom. The summed E-state index contributed by atoms with van der Waals surface area (Å²) in [6.45, 7) is 0.881. The summed E-state index contributed by atoms with van der Waals surface area (Å²) in [7, 11) is -0.852. The average molecular weight is 557 g/mol. The number of carbonyl (C=O) groups excluding carboxylic acids is 1. The van der Waals surface area contributed by atoms with Crippen LogP contribution in [0.15, 0.2) is 52.4 Å². The fourth-order valence-corrected chi connectivity index (χ4v) is 5.32. The largest absolute Gasteiger partial charge is 0.465 e. The van der Waals surface area contributed by atoms with E-state index in [1.807, 2.05) is 12.1 Å². The first kappa shape index (κ1) is 27.9. The molecule has 0 fully saturated rings. The minimum atomic E-state index is -3.87. The molecule has 0 spiro atoms. The Kier molecular flexibility index (Phi) is 9.31. The number of rotatable bonds is 10. The highest BCUT2D eigenvalue weighted by Gasteiger charge is 2.25. The Hall–Kier alpha value is -2.70. The van der Waals surface area contributed by atoms with Crippen molar-refractivity contribution in [1.82, 2.24) is 14.1 Å². The Bertz CT molecular complexity index is 1250. The van der Waals surface area contributed by atoms with Crippen LogP contribution in [-0.4, -0.2) is 92.4 Å². The van der Waals surface area contributed by atoms with Crippen molar-refractivity contribution in [1.29, 1.82) is 0 Å². The lowest BCUT2D eigenvalue weighted by molar-refractivity contribution is -0.135. The van der Waals surface area contributed by atoms with Crippen LogP contribution in [-0.2, 0) is 26.1 Å². The smallest absolute Gasteiger partial charge is 0.413 e. The summed E-state index contributed by atoms with van der Waals surface area (Å²) in [5.41, 5.74) is 1.54. The zero-order valence-corrected chi connectivity index (χ0v) is 22.1. The molecule has 1 aliphatic rings. The maximum atomic E-state index is 12.7. The maximum Gasteiger partial charge on any atom is 0.413 e. The average Bonchev–Trinajstić information content (AvgIpc) is 3.34. The van der Waals surface area contributed by atoms with Crippen molar-refractivity contribution < 1.29 is 27.9 Å². The molecule has 194 valence electrons. The van der Waals surface area contributed by atoms with Gasteiger partial charge in [0.15, 0.2) is 0 Å². The fraction of sp³-hybridized carbons (Fsp3) is 0.348. The van der Waals surface area contributed by atoms with Crippen molar-refractivity contribution in [3.05, 3.63) is 63.6 Å². The van der Waals surface area contributed by atoms with Crippen LogP contribution < -0.4 is 0 Å². The molecule has 0 radical (unpaired) electrons. The summed E-state index contributed by atoms with van der Waals surface area (Å²) < 4.78 is 31.9. The normalized spacial score (nSPS) is 13.7. The topological polar surface area (TPSA) is 120 Å². The summed E-state index contributed by atoms with van der Waals surface area (Å²) in [5.74, 6) is 0.135. The van der Waals surface area contributed by atoms with Crippen molar-refractivity contribution in [3.63, 3.8) is 0 Å². The molecule has 3 rings (SSSR count). The van der Waals surface area contributed by atoms with Gasteiger partial charge in [0, 0.05) is 32.7 Å². The van der Waals surface area contributed by atoms with Gasteiger partial charge in [-0.1, -0.05) is 53.5 Å². The molecule has 0 saturated carbocycles. The van der Waals surface area contributed by atoms with Crippen molar-refractivity contribution >= 4 is 51.1 Å². The van der Waals surface area contributed by atoms with E-state index in [1.165, 1.54) is 35.0 Å². The molecule has 10 nitrogen and oxygen atoms in total. The number of amides is 2. The molecule has 0 aromatic heterocycles. The van der Waals surface area contributed by atoms with E-state index in [9.17, 15) is 23.1 Å². The van der Waals surface area contributed by atoms with E-state index in [0.29, 0.717) is 31.0 Å². The SMILES string of the molecule is CN(Cc1ccc(C2=NCCN2C(=O)O)cc1)C(=O)COCCN(C)S(=O)(=O)c1cccc(Cl)c1Cl. The number of amidine groups is 1. The van der Waals surface area contributed by atoms with Crippen LogP contribution in [0.1, 0.15) is 11.1 Å². The number of ether oxygens (including phenoxy) is 1. The van der Waals surface area contributed by atoms with Crippen molar-refractivity contribution in [3.8, 4) is 0 Å². The van der Waals surface area contributed by atoms with E-state index in [0.717, 1.165) is 9.87 Å². The molecule has 1 N–H and O–H groups in total. The van der Waals surface area contributed by atoms with Gasteiger partial charge in [0.25, 0.3) is 0 Å².